The van der Waals surface area contributed by atoms with E-state index in [2.05, 4.69) is 10.2 Å². The fourth-order valence-electron chi connectivity index (χ4n) is 11.0. The van der Waals surface area contributed by atoms with Gasteiger partial charge in [0.25, 0.3) is 0 Å². The minimum Gasteiger partial charge on any atom is -0.462 e. The smallest absolute Gasteiger partial charge is 0.308 e. The van der Waals surface area contributed by atoms with Crippen LogP contribution >= 0.6 is 0 Å². The highest BCUT2D eigenvalue weighted by molar-refractivity contribution is 5.80. The van der Waals surface area contributed by atoms with E-state index in [-0.39, 0.29) is 31.6 Å². The van der Waals surface area contributed by atoms with Crippen LogP contribution in [0.3, 0.4) is 0 Å². The SMILES string of the molecule is CCN1CCN(C(=O)C2C3C[C@@H](OC4O[C@H](C)[C@@H](O)[C@H](NC[C@@]5(O)OC[C@@H](O)[C@H](O)[C@@H]5O)[C@@H]4O)/C=C/C=C/C=C/C=C/C=C/C=C/C=C/[C@H](C)[C@@H](O)[C@@H](C)[C@H](C)OC(=O)C[C@H](O)C[C@H](O)CC[C@@H](O)[C@H](O)C[C@H](O)C[C@](O)(C[C@@H]2O)O3)CC1. The molecule has 3 unspecified atom stereocenters. The number of aliphatic hydroxyl groups excluding tert-OH is 12. The van der Waals surface area contributed by atoms with Crippen molar-refractivity contribution in [3.8, 4) is 0 Å². The number of aliphatic hydroxyl groups is 14. The lowest BCUT2D eigenvalue weighted by Crippen LogP contribution is -2.69. The fraction of sp³-hybridized carbons (Fsp3) is 0.729. The van der Waals surface area contributed by atoms with E-state index in [1.807, 2.05) is 19.9 Å². The number of nitrogens with zero attached hydrogens (tertiary/aromatic N) is 2. The first-order valence-corrected chi connectivity index (χ1v) is 29.1. The molecule has 0 aromatic rings. The highest BCUT2D eigenvalue weighted by Gasteiger charge is 2.53. The van der Waals surface area contributed by atoms with E-state index in [1.165, 1.54) is 6.92 Å². The van der Waals surface area contributed by atoms with Crippen LogP contribution in [0.4, 0.5) is 0 Å². The zero-order chi connectivity index (χ0) is 61.2. The number of ether oxygens (including phenoxy) is 5. The second-order valence-electron chi connectivity index (χ2n) is 23.0. The molecule has 83 heavy (non-hydrogen) atoms. The van der Waals surface area contributed by atoms with Crippen molar-refractivity contribution in [1.29, 1.82) is 0 Å². The van der Waals surface area contributed by atoms with E-state index in [0.717, 1.165) is 6.54 Å². The van der Waals surface area contributed by atoms with Gasteiger partial charge in [-0.25, -0.2) is 0 Å². The van der Waals surface area contributed by atoms with Gasteiger partial charge in [0.1, 0.15) is 30.5 Å². The van der Waals surface area contributed by atoms with Gasteiger partial charge in [-0.15, -0.1) is 0 Å². The van der Waals surface area contributed by atoms with Crippen LogP contribution in [0.1, 0.15) is 86.0 Å². The average Bonchev–Trinajstić information content (AvgIpc) is 3.06. The molecule has 0 radical (unpaired) electrons. The fourth-order valence-corrected chi connectivity index (χ4v) is 11.0. The molecule has 5 aliphatic heterocycles. The van der Waals surface area contributed by atoms with Crippen molar-refractivity contribution in [3.05, 3.63) is 85.1 Å². The van der Waals surface area contributed by atoms with Crippen molar-refractivity contribution in [1.82, 2.24) is 15.1 Å². The Kier molecular flexibility index (Phi) is 28.2. The molecule has 24 nitrogen and oxygen atoms in total. The predicted octanol–water partition coefficient (Wildman–Crippen LogP) is -1.78. The molecule has 0 aromatic heterocycles. The number of rotatable bonds is 7. The number of likely N-dealkylation sites (N-methyl/N-ethyl adjacent to an activating group) is 1. The summed E-state index contributed by atoms with van der Waals surface area (Å²) in [7, 11) is 0. The highest BCUT2D eigenvalue weighted by Crippen LogP contribution is 2.39. The monoisotopic (exact) mass is 1180 g/mol. The summed E-state index contributed by atoms with van der Waals surface area (Å²) in [6, 6.07) is -1.34. The van der Waals surface area contributed by atoms with Gasteiger partial charge >= 0.3 is 5.97 Å². The number of hydrogen-bond donors (Lipinski definition) is 15. The largest absolute Gasteiger partial charge is 0.462 e. The molecular formula is C59H95N3O21. The molecule has 472 valence electrons. The molecule has 24 heteroatoms. The Morgan fingerprint density at radius 2 is 1.25 bits per heavy atom. The number of carbonyl (C=O) groups excluding carboxylic acids is 2. The number of esters is 1. The van der Waals surface area contributed by atoms with Crippen LogP contribution in [0.5, 0.6) is 0 Å². The van der Waals surface area contributed by atoms with Crippen molar-refractivity contribution in [3.63, 3.8) is 0 Å². The van der Waals surface area contributed by atoms with E-state index in [0.29, 0.717) is 26.2 Å². The average molecular weight is 1180 g/mol. The minimum atomic E-state index is -2.46. The van der Waals surface area contributed by atoms with Gasteiger partial charge in [0.15, 0.2) is 12.1 Å². The summed E-state index contributed by atoms with van der Waals surface area (Å²) >= 11 is 0. The number of carbonyl (C=O) groups is 2. The summed E-state index contributed by atoms with van der Waals surface area (Å²) in [5, 5.41) is 158. The van der Waals surface area contributed by atoms with E-state index in [4.69, 9.17) is 23.7 Å². The van der Waals surface area contributed by atoms with Gasteiger partial charge in [0.2, 0.25) is 11.7 Å². The molecule has 4 fully saturated rings. The third-order valence-corrected chi connectivity index (χ3v) is 16.4. The van der Waals surface area contributed by atoms with Crippen LogP contribution in [-0.4, -0.2) is 261 Å². The van der Waals surface area contributed by atoms with Crippen molar-refractivity contribution >= 4 is 11.9 Å². The number of hydrogen-bond acceptors (Lipinski definition) is 23. The van der Waals surface area contributed by atoms with Crippen LogP contribution in [0.2, 0.25) is 0 Å². The standard InChI is InChI=1S/C59H95N3O21/c1-6-61-23-25-62(26-24-61)56(76)49-45(68)32-58(77)31-41(65)28-44(67)43(66)22-21-39(63)27-40(64)29-48(70)80-37(4)36(3)51(71)35(2)19-17-15-13-11-9-7-8-10-12-14-16-18-20-42(30-47(49)83-58)82-57-54(74)50(52(72)38(5)81-57)60-34-59(78)55(75)53(73)46(69)33-79-59/h7-20,35-47,49-55,57,60,63-69,71-75,77-78H,6,21-34H2,1-5H3/b8-7+,11-9+,12-10+,15-13+,16-14+,19-17+,20-18+/t35-,36-,37-,38+,39+,40+,41-,42-,43+,44+,45-,46+,47?,49?,50-,51+,52+,53-,54-,55-,57?,58+,59+/m0/s1. The molecule has 5 rings (SSSR count). The number of allylic oxidation sites excluding steroid dienone is 12. The van der Waals surface area contributed by atoms with E-state index >= 15 is 0 Å². The summed E-state index contributed by atoms with van der Waals surface area (Å²) in [4.78, 5) is 31.1. The van der Waals surface area contributed by atoms with Gasteiger partial charge in [-0.1, -0.05) is 106 Å². The summed E-state index contributed by atoms with van der Waals surface area (Å²) in [6.07, 6.45) is -2.61. The Labute approximate surface area is 486 Å². The molecule has 5 aliphatic rings. The summed E-state index contributed by atoms with van der Waals surface area (Å²) in [5.41, 5.74) is 0. The Morgan fingerprint density at radius 1 is 0.651 bits per heavy atom. The van der Waals surface area contributed by atoms with Crippen molar-refractivity contribution in [2.75, 3.05) is 45.9 Å². The third-order valence-electron chi connectivity index (χ3n) is 16.4. The lowest BCUT2D eigenvalue weighted by molar-refractivity contribution is -0.323. The molecule has 4 saturated heterocycles. The van der Waals surface area contributed by atoms with Gasteiger partial charge in [0, 0.05) is 63.7 Å². The number of nitrogens with one attached hydrogen (secondary N) is 1. The Balaban J connectivity index is 1.44. The molecule has 23 atom stereocenters. The Bertz CT molecular complexity index is 2190. The van der Waals surface area contributed by atoms with Crippen molar-refractivity contribution in [2.45, 2.75) is 208 Å². The minimum absolute atomic E-state index is 0.124. The summed E-state index contributed by atoms with van der Waals surface area (Å²) in [6.45, 7) is 10.0. The molecule has 2 bridgehead atoms. The number of fused-ring (bicyclic) bond motifs is 2. The predicted molar refractivity (Wildman–Crippen MR) is 301 cm³/mol. The maximum Gasteiger partial charge on any atom is 0.308 e. The molecule has 15 N–H and O–H groups in total. The zero-order valence-electron chi connectivity index (χ0n) is 48.3. The van der Waals surface area contributed by atoms with Gasteiger partial charge in [-0.2, -0.15) is 0 Å². The van der Waals surface area contributed by atoms with E-state index in [1.54, 1.807) is 97.7 Å². The lowest BCUT2D eigenvalue weighted by atomic mass is 9.81. The molecule has 0 saturated carbocycles. The second-order valence-corrected chi connectivity index (χ2v) is 23.0. The molecule has 1 amide bonds. The van der Waals surface area contributed by atoms with Gasteiger partial charge in [-0.05, 0) is 39.7 Å². The first-order chi connectivity index (χ1) is 39.3. The van der Waals surface area contributed by atoms with Crippen molar-refractivity contribution in [2.24, 2.45) is 17.8 Å². The Hall–Kier alpha value is -3.68. The number of piperazine rings is 1. The lowest BCUT2D eigenvalue weighted by Gasteiger charge is -2.48. The molecule has 0 spiro atoms. The first-order valence-electron chi connectivity index (χ1n) is 29.1. The molecular weight excluding hydrogens is 1090 g/mol. The first kappa shape index (κ1) is 70.1. The zero-order valence-corrected chi connectivity index (χ0v) is 48.3. The Morgan fingerprint density at radius 3 is 1.87 bits per heavy atom. The van der Waals surface area contributed by atoms with Crippen LogP contribution in [-0.2, 0) is 33.3 Å². The normalized spacial score (nSPS) is 45.2. The van der Waals surface area contributed by atoms with Crippen LogP contribution in [0.25, 0.3) is 0 Å². The highest BCUT2D eigenvalue weighted by atomic mass is 16.7. The second kappa shape index (κ2) is 33.4. The van der Waals surface area contributed by atoms with E-state index < -0.39 is 184 Å². The van der Waals surface area contributed by atoms with Gasteiger partial charge in [-0.3, -0.25) is 9.59 Å². The maximum atomic E-state index is 14.6. The topological polar surface area (TPSA) is 382 Å². The maximum absolute atomic E-state index is 14.6. The van der Waals surface area contributed by atoms with Crippen molar-refractivity contribution < 1.29 is 105 Å². The number of amides is 1. The third kappa shape index (κ3) is 21.0. The van der Waals surface area contributed by atoms with Crippen LogP contribution in [0, 0.1) is 17.8 Å². The van der Waals surface area contributed by atoms with Crippen LogP contribution < -0.4 is 5.32 Å². The van der Waals surface area contributed by atoms with E-state index in [9.17, 15) is 81.1 Å². The molecule has 0 aliphatic carbocycles. The quantitative estimate of drug-likeness (QED) is 0.125. The number of cyclic esters (lactones) is 1. The summed E-state index contributed by atoms with van der Waals surface area (Å²) < 4.78 is 29.6. The van der Waals surface area contributed by atoms with Gasteiger partial charge < -0.3 is 110 Å². The summed E-state index contributed by atoms with van der Waals surface area (Å²) in [5.74, 6) is -8.11. The molecule has 5 heterocycles. The molecule has 0 aromatic carbocycles. The van der Waals surface area contributed by atoms with Gasteiger partial charge in [0.05, 0.1) is 98.7 Å². The van der Waals surface area contributed by atoms with Crippen LogP contribution in [0.15, 0.2) is 85.1 Å².